The molecule has 4 heteroatoms. The first-order chi connectivity index (χ1) is 6.29. The number of nitrogens with zero attached hydrogens (tertiary/aromatic N) is 1. The van der Waals surface area contributed by atoms with Crippen LogP contribution in [-0.2, 0) is 4.74 Å². The van der Waals surface area contributed by atoms with Gasteiger partial charge in [0.25, 0.3) is 0 Å². The molecule has 0 aromatic carbocycles. The number of hydrogen-bond acceptors (Lipinski definition) is 2. The molecule has 1 amide bonds. The van der Waals surface area contributed by atoms with Crippen LogP contribution in [0.15, 0.2) is 0 Å². The van der Waals surface area contributed by atoms with Crippen LogP contribution in [0.1, 0.15) is 34.1 Å². The second-order valence-electron chi connectivity index (χ2n) is 4.81. The van der Waals surface area contributed by atoms with Crippen molar-refractivity contribution in [1.82, 2.24) is 4.90 Å². The maximum absolute atomic E-state index is 13.0. The van der Waals surface area contributed by atoms with Gasteiger partial charge >= 0.3 is 6.09 Å². The number of amides is 1. The van der Waals surface area contributed by atoms with Crippen LogP contribution in [0.4, 0.5) is 9.18 Å². The van der Waals surface area contributed by atoms with Gasteiger partial charge in [-0.1, -0.05) is 0 Å². The zero-order chi connectivity index (χ0) is 10.9. The number of carbonyl (C=O) groups is 1. The Kier molecular flexibility index (Phi) is 3.02. The lowest BCUT2D eigenvalue weighted by Crippen LogP contribution is -2.38. The Morgan fingerprint density at radius 3 is 2.43 bits per heavy atom. The highest BCUT2D eigenvalue weighted by atomic mass is 19.1. The maximum Gasteiger partial charge on any atom is 0.410 e. The molecule has 2 unspecified atom stereocenters. The van der Waals surface area contributed by atoms with Gasteiger partial charge < -0.3 is 9.64 Å². The number of likely N-dealkylation sites (tertiary alicyclic amines) is 1. The largest absolute Gasteiger partial charge is 0.444 e. The first-order valence-electron chi connectivity index (χ1n) is 4.93. The Morgan fingerprint density at radius 1 is 1.50 bits per heavy atom. The van der Waals surface area contributed by atoms with Crippen molar-refractivity contribution in [2.45, 2.75) is 51.9 Å². The molecule has 0 aromatic heterocycles. The van der Waals surface area contributed by atoms with E-state index in [2.05, 4.69) is 0 Å². The van der Waals surface area contributed by atoms with Crippen molar-refractivity contribution >= 4 is 6.09 Å². The molecule has 0 radical (unpaired) electrons. The topological polar surface area (TPSA) is 29.5 Å². The van der Waals surface area contributed by atoms with E-state index in [9.17, 15) is 9.18 Å². The minimum absolute atomic E-state index is 0.0557. The average Bonchev–Trinajstić information content (AvgIpc) is 2.26. The molecule has 0 spiro atoms. The van der Waals surface area contributed by atoms with Crippen molar-refractivity contribution in [3.63, 3.8) is 0 Å². The number of halogens is 1. The van der Waals surface area contributed by atoms with Gasteiger partial charge in [0.2, 0.25) is 0 Å². The molecule has 1 saturated heterocycles. The molecule has 1 rings (SSSR count). The number of carbonyl (C=O) groups excluding carboxylic acids is 1. The molecular weight excluding hydrogens is 185 g/mol. The summed E-state index contributed by atoms with van der Waals surface area (Å²) in [7, 11) is 0. The summed E-state index contributed by atoms with van der Waals surface area (Å²) in [6, 6.07) is -0.0557. The van der Waals surface area contributed by atoms with Gasteiger partial charge in [0, 0.05) is 12.5 Å². The quantitative estimate of drug-likeness (QED) is 0.604. The van der Waals surface area contributed by atoms with Crippen molar-refractivity contribution in [3.8, 4) is 0 Å². The predicted molar refractivity (Wildman–Crippen MR) is 51.9 cm³/mol. The number of rotatable bonds is 0. The third kappa shape index (κ3) is 2.86. The average molecular weight is 203 g/mol. The van der Waals surface area contributed by atoms with Gasteiger partial charge in [-0.3, -0.25) is 0 Å². The van der Waals surface area contributed by atoms with E-state index in [0.29, 0.717) is 6.42 Å². The van der Waals surface area contributed by atoms with Crippen molar-refractivity contribution in [2.75, 3.05) is 6.54 Å². The van der Waals surface area contributed by atoms with Gasteiger partial charge in [0.05, 0.1) is 6.54 Å². The molecule has 14 heavy (non-hydrogen) atoms. The molecular formula is C10H18FNO2. The second-order valence-corrected chi connectivity index (χ2v) is 4.81. The van der Waals surface area contributed by atoms with Gasteiger partial charge in [-0.05, 0) is 27.7 Å². The Balaban J connectivity index is 2.53. The summed E-state index contributed by atoms with van der Waals surface area (Å²) in [5.74, 6) is 0. The highest BCUT2D eigenvalue weighted by Gasteiger charge is 2.34. The van der Waals surface area contributed by atoms with E-state index in [1.54, 1.807) is 20.8 Å². The molecule has 0 N–H and O–H groups in total. The molecule has 1 fully saturated rings. The van der Waals surface area contributed by atoms with E-state index in [1.807, 2.05) is 6.92 Å². The van der Waals surface area contributed by atoms with E-state index >= 15 is 0 Å². The van der Waals surface area contributed by atoms with Crippen LogP contribution in [0.2, 0.25) is 0 Å². The van der Waals surface area contributed by atoms with Crippen molar-refractivity contribution < 1.29 is 13.9 Å². The monoisotopic (exact) mass is 203 g/mol. The molecule has 2 atom stereocenters. The van der Waals surface area contributed by atoms with Gasteiger partial charge in [0.15, 0.2) is 0 Å². The summed E-state index contributed by atoms with van der Waals surface area (Å²) in [5.41, 5.74) is -0.509. The van der Waals surface area contributed by atoms with Crippen molar-refractivity contribution in [1.29, 1.82) is 0 Å². The molecule has 82 valence electrons. The molecule has 1 aliphatic heterocycles. The molecule has 0 bridgehead atoms. The summed E-state index contributed by atoms with van der Waals surface area (Å²) in [4.78, 5) is 13.0. The third-order valence-corrected chi connectivity index (χ3v) is 2.15. The standard InChI is InChI=1S/C10H18FNO2/c1-7-5-8(11)6-12(7)9(13)14-10(2,3)4/h7-8H,5-6H2,1-4H3. The summed E-state index contributed by atoms with van der Waals surface area (Å²) in [6.45, 7) is 7.41. The van der Waals surface area contributed by atoms with Crippen LogP contribution < -0.4 is 0 Å². The van der Waals surface area contributed by atoms with E-state index in [4.69, 9.17) is 4.74 Å². The molecule has 0 saturated carbocycles. The van der Waals surface area contributed by atoms with Crippen LogP contribution in [-0.4, -0.2) is 35.4 Å². The zero-order valence-electron chi connectivity index (χ0n) is 9.21. The number of hydrogen-bond donors (Lipinski definition) is 0. The molecule has 0 aliphatic carbocycles. The summed E-state index contributed by atoms with van der Waals surface area (Å²) < 4.78 is 18.1. The highest BCUT2D eigenvalue weighted by molar-refractivity contribution is 5.69. The van der Waals surface area contributed by atoms with E-state index in [0.717, 1.165) is 0 Å². The fourth-order valence-electron chi connectivity index (χ4n) is 1.54. The fraction of sp³-hybridized carbons (Fsp3) is 0.900. The minimum atomic E-state index is -0.905. The summed E-state index contributed by atoms with van der Waals surface area (Å²) in [5, 5.41) is 0. The van der Waals surface area contributed by atoms with Gasteiger partial charge in [-0.2, -0.15) is 0 Å². The minimum Gasteiger partial charge on any atom is -0.444 e. The van der Waals surface area contributed by atoms with Gasteiger partial charge in [-0.15, -0.1) is 0 Å². The molecule has 1 aliphatic rings. The van der Waals surface area contributed by atoms with Crippen molar-refractivity contribution in [2.24, 2.45) is 0 Å². The zero-order valence-corrected chi connectivity index (χ0v) is 9.21. The van der Waals surface area contributed by atoms with Crippen LogP contribution >= 0.6 is 0 Å². The molecule has 3 nitrogen and oxygen atoms in total. The number of alkyl halides is 1. The maximum atomic E-state index is 13.0. The van der Waals surface area contributed by atoms with E-state index < -0.39 is 17.9 Å². The van der Waals surface area contributed by atoms with Crippen LogP contribution in [0.5, 0.6) is 0 Å². The normalized spacial score (nSPS) is 27.9. The van der Waals surface area contributed by atoms with E-state index in [1.165, 1.54) is 4.90 Å². The first kappa shape index (κ1) is 11.3. The Bertz CT molecular complexity index is 225. The first-order valence-corrected chi connectivity index (χ1v) is 4.93. The molecule has 1 heterocycles. The van der Waals surface area contributed by atoms with Gasteiger partial charge in [-0.25, -0.2) is 9.18 Å². The van der Waals surface area contributed by atoms with Crippen LogP contribution in [0.3, 0.4) is 0 Å². The van der Waals surface area contributed by atoms with E-state index in [-0.39, 0.29) is 12.6 Å². The second kappa shape index (κ2) is 3.75. The summed E-state index contributed by atoms with van der Waals surface area (Å²) >= 11 is 0. The smallest absolute Gasteiger partial charge is 0.410 e. The predicted octanol–water partition coefficient (Wildman–Crippen LogP) is 2.35. The lowest BCUT2D eigenvalue weighted by Gasteiger charge is -2.26. The highest BCUT2D eigenvalue weighted by Crippen LogP contribution is 2.22. The third-order valence-electron chi connectivity index (χ3n) is 2.15. The summed E-state index contributed by atoms with van der Waals surface area (Å²) in [6.07, 6.45) is -0.901. The lowest BCUT2D eigenvalue weighted by molar-refractivity contribution is 0.0230. The lowest BCUT2D eigenvalue weighted by atomic mass is 10.2. The van der Waals surface area contributed by atoms with Crippen molar-refractivity contribution in [3.05, 3.63) is 0 Å². The Morgan fingerprint density at radius 2 is 2.07 bits per heavy atom. The Hall–Kier alpha value is -0.800. The van der Waals surface area contributed by atoms with Crippen LogP contribution in [0.25, 0.3) is 0 Å². The van der Waals surface area contributed by atoms with Gasteiger partial charge in [0.1, 0.15) is 11.8 Å². The van der Waals surface area contributed by atoms with Crippen LogP contribution in [0, 0.1) is 0 Å². The Labute approximate surface area is 84.2 Å². The SMILES string of the molecule is CC1CC(F)CN1C(=O)OC(C)(C)C. The fourth-order valence-corrected chi connectivity index (χ4v) is 1.54. The number of ether oxygens (including phenoxy) is 1. The molecule has 0 aromatic rings.